The van der Waals surface area contributed by atoms with Crippen LogP contribution in [0, 0.1) is 5.92 Å². The van der Waals surface area contributed by atoms with Gasteiger partial charge in [0.1, 0.15) is 11.9 Å². The molecular weight excluding hydrogens is 282 g/mol. The van der Waals surface area contributed by atoms with Crippen LogP contribution in [0.25, 0.3) is 0 Å². The van der Waals surface area contributed by atoms with E-state index in [1.165, 1.54) is 50.5 Å². The third-order valence-corrected chi connectivity index (χ3v) is 5.06. The predicted molar refractivity (Wildman–Crippen MR) is 88.0 cm³/mol. The summed E-state index contributed by atoms with van der Waals surface area (Å²) in [5.41, 5.74) is 1.20. The molecule has 0 saturated heterocycles. The minimum Gasteiger partial charge on any atom is -0.490 e. The second kappa shape index (κ2) is 7.02. The molecule has 0 amide bonds. The zero-order valence-electron chi connectivity index (χ0n) is 12.9. The molecular formula is C18H26ClNO. The van der Waals surface area contributed by atoms with Crippen molar-refractivity contribution in [1.29, 1.82) is 0 Å². The Morgan fingerprint density at radius 3 is 2.76 bits per heavy atom. The maximum atomic E-state index is 6.40. The van der Waals surface area contributed by atoms with E-state index in [4.69, 9.17) is 16.3 Å². The van der Waals surface area contributed by atoms with Gasteiger partial charge in [0, 0.05) is 23.2 Å². The minimum absolute atomic E-state index is 0.379. The highest BCUT2D eigenvalue weighted by atomic mass is 35.5. The van der Waals surface area contributed by atoms with Gasteiger partial charge in [-0.1, -0.05) is 24.9 Å². The minimum atomic E-state index is 0.379. The fourth-order valence-electron chi connectivity index (χ4n) is 3.30. The van der Waals surface area contributed by atoms with E-state index in [0.29, 0.717) is 18.1 Å². The first kappa shape index (κ1) is 15.2. The van der Waals surface area contributed by atoms with E-state index in [-0.39, 0.29) is 0 Å². The molecule has 116 valence electrons. The van der Waals surface area contributed by atoms with E-state index in [2.05, 4.69) is 18.3 Å². The van der Waals surface area contributed by atoms with Crippen LogP contribution in [0.5, 0.6) is 5.75 Å². The Morgan fingerprint density at radius 2 is 2.00 bits per heavy atom. The summed E-state index contributed by atoms with van der Waals surface area (Å²) in [6.07, 6.45) is 9.35. The smallest absolute Gasteiger partial charge is 0.124 e. The summed E-state index contributed by atoms with van der Waals surface area (Å²) in [7, 11) is 0. The molecule has 0 heterocycles. The molecule has 0 aliphatic heterocycles. The molecule has 2 nitrogen and oxygen atoms in total. The topological polar surface area (TPSA) is 21.3 Å². The normalized spacial score (nSPS) is 25.8. The lowest BCUT2D eigenvalue weighted by atomic mass is 9.84. The van der Waals surface area contributed by atoms with Crippen molar-refractivity contribution >= 4 is 11.6 Å². The Bertz CT molecular complexity index is 472. The van der Waals surface area contributed by atoms with Crippen LogP contribution in [0.3, 0.4) is 0 Å². The van der Waals surface area contributed by atoms with Crippen LogP contribution in [0.2, 0.25) is 5.02 Å². The van der Waals surface area contributed by atoms with Gasteiger partial charge in [0.15, 0.2) is 0 Å². The molecule has 2 unspecified atom stereocenters. The molecule has 3 rings (SSSR count). The summed E-state index contributed by atoms with van der Waals surface area (Å²) in [5.74, 6) is 1.73. The summed E-state index contributed by atoms with van der Waals surface area (Å²) >= 11 is 6.16. The fraction of sp³-hybridized carbons (Fsp3) is 0.667. The lowest BCUT2D eigenvalue weighted by molar-refractivity contribution is 0.0893. The van der Waals surface area contributed by atoms with E-state index in [1.807, 2.05) is 12.1 Å². The van der Waals surface area contributed by atoms with E-state index >= 15 is 0 Å². The average molecular weight is 308 g/mol. The quantitative estimate of drug-likeness (QED) is 0.803. The third-order valence-electron chi connectivity index (χ3n) is 4.82. The number of rotatable bonds is 6. The molecule has 2 atom stereocenters. The van der Waals surface area contributed by atoms with Crippen LogP contribution in [0.4, 0.5) is 0 Å². The summed E-state index contributed by atoms with van der Waals surface area (Å²) in [6, 6.07) is 6.75. The number of benzene rings is 1. The van der Waals surface area contributed by atoms with Crippen molar-refractivity contribution < 1.29 is 4.74 Å². The van der Waals surface area contributed by atoms with Crippen molar-refractivity contribution in [2.45, 2.75) is 70.6 Å². The van der Waals surface area contributed by atoms with Crippen LogP contribution in [0.1, 0.15) is 57.4 Å². The van der Waals surface area contributed by atoms with Gasteiger partial charge in [-0.15, -0.1) is 0 Å². The molecule has 2 saturated carbocycles. The third kappa shape index (κ3) is 4.14. The summed E-state index contributed by atoms with van der Waals surface area (Å²) in [6.45, 7) is 3.15. The summed E-state index contributed by atoms with van der Waals surface area (Å²) in [4.78, 5) is 0. The highest BCUT2D eigenvalue weighted by Crippen LogP contribution is 2.33. The molecule has 2 aliphatic rings. The van der Waals surface area contributed by atoms with Gasteiger partial charge < -0.3 is 10.1 Å². The monoisotopic (exact) mass is 307 g/mol. The second-order valence-electron chi connectivity index (χ2n) is 6.52. The van der Waals surface area contributed by atoms with Crippen molar-refractivity contribution in [3.8, 4) is 5.75 Å². The van der Waals surface area contributed by atoms with Gasteiger partial charge in [-0.2, -0.15) is 0 Å². The fourth-order valence-corrected chi connectivity index (χ4v) is 3.50. The molecule has 0 bridgehead atoms. The van der Waals surface area contributed by atoms with Crippen LogP contribution >= 0.6 is 11.6 Å². The van der Waals surface area contributed by atoms with Gasteiger partial charge in [-0.05, 0) is 62.6 Å². The van der Waals surface area contributed by atoms with E-state index in [0.717, 1.165) is 17.3 Å². The van der Waals surface area contributed by atoms with Crippen molar-refractivity contribution in [3.63, 3.8) is 0 Å². The molecule has 1 N–H and O–H groups in total. The standard InChI is InChI=1S/C18H26ClNO/c1-2-13-5-3-4-6-17(13)21-18-10-7-15(19)11-14(18)12-20-16-8-9-16/h7,10-11,13,16-17,20H,2-6,8-9,12H2,1H3. The SMILES string of the molecule is CCC1CCCCC1Oc1ccc(Cl)cc1CNC1CC1. The van der Waals surface area contributed by atoms with E-state index in [9.17, 15) is 0 Å². The van der Waals surface area contributed by atoms with Gasteiger partial charge in [0.05, 0.1) is 0 Å². The number of ether oxygens (including phenoxy) is 1. The molecule has 0 aromatic heterocycles. The van der Waals surface area contributed by atoms with Crippen molar-refractivity contribution in [3.05, 3.63) is 28.8 Å². The first-order valence-electron chi connectivity index (χ1n) is 8.44. The Hall–Kier alpha value is -0.730. The highest BCUT2D eigenvalue weighted by molar-refractivity contribution is 6.30. The van der Waals surface area contributed by atoms with Gasteiger partial charge in [-0.3, -0.25) is 0 Å². The Morgan fingerprint density at radius 1 is 1.19 bits per heavy atom. The summed E-state index contributed by atoms with van der Waals surface area (Å²) < 4.78 is 6.40. The maximum Gasteiger partial charge on any atom is 0.124 e. The zero-order valence-corrected chi connectivity index (χ0v) is 13.7. The van der Waals surface area contributed by atoms with E-state index in [1.54, 1.807) is 0 Å². The number of halogens is 1. The number of hydrogen-bond donors (Lipinski definition) is 1. The Labute approximate surface area is 133 Å². The maximum absolute atomic E-state index is 6.40. The van der Waals surface area contributed by atoms with Gasteiger partial charge in [0.25, 0.3) is 0 Å². The zero-order chi connectivity index (χ0) is 14.7. The van der Waals surface area contributed by atoms with Crippen molar-refractivity contribution in [2.24, 2.45) is 5.92 Å². The van der Waals surface area contributed by atoms with Crippen molar-refractivity contribution in [2.75, 3.05) is 0 Å². The number of nitrogens with one attached hydrogen (secondary N) is 1. The average Bonchev–Trinajstić information content (AvgIpc) is 3.32. The van der Waals surface area contributed by atoms with Gasteiger partial charge >= 0.3 is 0 Å². The number of hydrogen-bond acceptors (Lipinski definition) is 2. The molecule has 2 aliphatic carbocycles. The molecule has 3 heteroatoms. The first-order valence-corrected chi connectivity index (χ1v) is 8.82. The van der Waals surface area contributed by atoms with Crippen LogP contribution < -0.4 is 10.1 Å². The lowest BCUT2D eigenvalue weighted by Crippen LogP contribution is -2.30. The largest absolute Gasteiger partial charge is 0.490 e. The molecule has 1 aromatic rings. The predicted octanol–water partition coefficient (Wildman–Crippen LogP) is 4.94. The van der Waals surface area contributed by atoms with E-state index < -0.39 is 0 Å². The lowest BCUT2D eigenvalue weighted by Gasteiger charge is -2.32. The van der Waals surface area contributed by atoms with Crippen LogP contribution in [-0.2, 0) is 6.54 Å². The second-order valence-corrected chi connectivity index (χ2v) is 6.95. The summed E-state index contributed by atoms with van der Waals surface area (Å²) in [5, 5.41) is 4.36. The highest BCUT2D eigenvalue weighted by Gasteiger charge is 2.26. The van der Waals surface area contributed by atoms with Gasteiger partial charge in [0.2, 0.25) is 0 Å². The molecule has 0 radical (unpaired) electrons. The van der Waals surface area contributed by atoms with Crippen LogP contribution in [0.15, 0.2) is 18.2 Å². The molecule has 21 heavy (non-hydrogen) atoms. The molecule has 1 aromatic carbocycles. The Kier molecular flexibility index (Phi) is 5.07. The van der Waals surface area contributed by atoms with Gasteiger partial charge in [-0.25, -0.2) is 0 Å². The van der Waals surface area contributed by atoms with Crippen molar-refractivity contribution in [1.82, 2.24) is 5.32 Å². The van der Waals surface area contributed by atoms with Crippen LogP contribution in [-0.4, -0.2) is 12.1 Å². The first-order chi connectivity index (χ1) is 10.3. The molecule has 0 spiro atoms. The molecule has 2 fully saturated rings. The Balaban J connectivity index is 1.70.